The highest BCUT2D eigenvalue weighted by molar-refractivity contribution is 5.74. The van der Waals surface area contributed by atoms with E-state index in [1.807, 2.05) is 0 Å². The lowest BCUT2D eigenvalue weighted by Crippen LogP contribution is -2.72. The van der Waals surface area contributed by atoms with Crippen LogP contribution in [-0.4, -0.2) is 22.7 Å². The Morgan fingerprint density at radius 1 is 1.73 bits per heavy atom. The van der Waals surface area contributed by atoms with Crippen molar-refractivity contribution in [1.82, 2.24) is 5.32 Å². The van der Waals surface area contributed by atoms with E-state index in [1.165, 1.54) is 6.92 Å². The lowest BCUT2D eigenvalue weighted by molar-refractivity contribution is -0.151. The first kappa shape index (κ1) is 7.10. The van der Waals surface area contributed by atoms with Gasteiger partial charge in [0, 0.05) is 18.4 Å². The van der Waals surface area contributed by atoms with Gasteiger partial charge >= 0.3 is 0 Å². The van der Waals surface area contributed by atoms with Gasteiger partial charge < -0.3 is 10.4 Å². The summed E-state index contributed by atoms with van der Waals surface area (Å²) in [4.78, 5) is 10.7. The fraction of sp³-hybridized carbons (Fsp3) is 0.875. The summed E-state index contributed by atoms with van der Waals surface area (Å²) in [6, 6.07) is 0. The molecule has 3 heteroatoms. The van der Waals surface area contributed by atoms with Gasteiger partial charge in [-0.15, -0.1) is 0 Å². The van der Waals surface area contributed by atoms with Gasteiger partial charge in [0.2, 0.25) is 5.91 Å². The fourth-order valence-electron chi connectivity index (χ4n) is 2.39. The number of carbonyl (C=O) groups is 1. The second kappa shape index (κ2) is 1.97. The van der Waals surface area contributed by atoms with Crippen LogP contribution >= 0.6 is 0 Å². The van der Waals surface area contributed by atoms with Crippen molar-refractivity contribution in [2.45, 2.75) is 37.8 Å². The quantitative estimate of drug-likeness (QED) is 0.561. The van der Waals surface area contributed by atoms with Crippen LogP contribution in [0, 0.1) is 5.92 Å². The average molecular weight is 155 g/mol. The van der Waals surface area contributed by atoms with E-state index in [1.54, 1.807) is 0 Å². The molecule has 3 nitrogen and oxygen atoms in total. The molecule has 2 rings (SSSR count). The van der Waals surface area contributed by atoms with Gasteiger partial charge in [-0.25, -0.2) is 0 Å². The zero-order valence-electron chi connectivity index (χ0n) is 6.63. The number of carbonyl (C=O) groups excluding carboxylic acids is 1. The lowest BCUT2D eigenvalue weighted by atomic mass is 9.51. The van der Waals surface area contributed by atoms with Crippen molar-refractivity contribution in [2.75, 3.05) is 0 Å². The highest BCUT2D eigenvalue weighted by Gasteiger charge is 2.59. The first-order valence-electron chi connectivity index (χ1n) is 4.11. The fourth-order valence-corrected chi connectivity index (χ4v) is 2.39. The molecule has 0 aliphatic heterocycles. The maximum absolute atomic E-state index is 10.7. The molecular formula is C8H13NO2. The number of aliphatic hydroxyl groups excluding tert-OH is 1. The molecule has 2 saturated carbocycles. The van der Waals surface area contributed by atoms with Crippen LogP contribution in [0.1, 0.15) is 26.2 Å². The van der Waals surface area contributed by atoms with Gasteiger partial charge in [0.1, 0.15) is 0 Å². The molecule has 0 radical (unpaired) electrons. The Morgan fingerprint density at radius 3 is 2.73 bits per heavy atom. The van der Waals surface area contributed by atoms with Crippen LogP contribution in [0.15, 0.2) is 0 Å². The third-order valence-electron chi connectivity index (χ3n) is 3.07. The Hall–Kier alpha value is -0.570. The minimum Gasteiger partial charge on any atom is -0.393 e. The monoisotopic (exact) mass is 155 g/mol. The van der Waals surface area contributed by atoms with Crippen LogP contribution in [0.5, 0.6) is 0 Å². The minimum atomic E-state index is -0.157. The molecule has 3 atom stereocenters. The molecule has 0 saturated heterocycles. The molecule has 2 N–H and O–H groups in total. The van der Waals surface area contributed by atoms with Gasteiger partial charge in [-0.1, -0.05) is 0 Å². The number of rotatable bonds is 1. The summed E-state index contributed by atoms with van der Waals surface area (Å²) in [5.74, 6) is 0.382. The molecule has 0 aromatic heterocycles. The molecule has 3 unspecified atom stereocenters. The number of hydrogen-bond donors (Lipinski definition) is 2. The number of hydrogen-bond acceptors (Lipinski definition) is 2. The molecule has 1 amide bonds. The molecule has 2 fully saturated rings. The van der Waals surface area contributed by atoms with E-state index in [2.05, 4.69) is 5.32 Å². The van der Waals surface area contributed by atoms with Crippen LogP contribution < -0.4 is 5.32 Å². The number of amides is 1. The Morgan fingerprint density at radius 2 is 2.45 bits per heavy atom. The Bertz CT molecular complexity index is 204. The molecule has 11 heavy (non-hydrogen) atoms. The first-order valence-corrected chi connectivity index (χ1v) is 4.11. The first-order chi connectivity index (χ1) is 5.14. The predicted molar refractivity (Wildman–Crippen MR) is 39.9 cm³/mol. The summed E-state index contributed by atoms with van der Waals surface area (Å²) < 4.78 is 0. The van der Waals surface area contributed by atoms with Crippen molar-refractivity contribution >= 4 is 5.91 Å². The summed E-state index contributed by atoms with van der Waals surface area (Å²) in [6.07, 6.45) is 2.73. The maximum atomic E-state index is 10.7. The smallest absolute Gasteiger partial charge is 0.217 e. The maximum Gasteiger partial charge on any atom is 0.217 e. The molecule has 0 bridgehead atoms. The number of nitrogens with one attached hydrogen (secondary N) is 1. The normalized spacial score (nSPS) is 46.7. The van der Waals surface area contributed by atoms with E-state index < -0.39 is 0 Å². The van der Waals surface area contributed by atoms with E-state index in [4.69, 9.17) is 0 Å². The van der Waals surface area contributed by atoms with E-state index in [0.29, 0.717) is 5.92 Å². The van der Waals surface area contributed by atoms with Crippen molar-refractivity contribution in [3.8, 4) is 0 Å². The standard InChI is InChI=1S/C8H13NO2/c1-5(10)9-8-3-2-6(8)7(11)4-8/h6-7,11H,2-4H2,1H3,(H,9,10). The predicted octanol–water partition coefficient (Wildman–Crippen LogP) is 0.0359. The second-order valence-electron chi connectivity index (χ2n) is 3.75. The lowest BCUT2D eigenvalue weighted by Gasteiger charge is -2.61. The number of fused-ring (bicyclic) bond motifs is 1. The molecule has 62 valence electrons. The van der Waals surface area contributed by atoms with E-state index in [9.17, 15) is 9.90 Å². The molecule has 0 aromatic rings. The van der Waals surface area contributed by atoms with Gasteiger partial charge in [0.05, 0.1) is 6.10 Å². The highest BCUT2D eigenvalue weighted by Crippen LogP contribution is 2.53. The van der Waals surface area contributed by atoms with Crippen molar-refractivity contribution < 1.29 is 9.90 Å². The largest absolute Gasteiger partial charge is 0.393 e. The SMILES string of the molecule is CC(=O)NC12CCC1C(O)C2. The Kier molecular flexibility index (Phi) is 1.27. The summed E-state index contributed by atoms with van der Waals surface area (Å²) in [7, 11) is 0. The summed E-state index contributed by atoms with van der Waals surface area (Å²) in [5.41, 5.74) is 0.00521. The molecule has 2 aliphatic rings. The summed E-state index contributed by atoms with van der Waals surface area (Å²) >= 11 is 0. The highest BCUT2D eigenvalue weighted by atomic mass is 16.3. The van der Waals surface area contributed by atoms with Crippen LogP contribution in [0.25, 0.3) is 0 Å². The molecule has 2 aliphatic carbocycles. The topological polar surface area (TPSA) is 49.3 Å². The van der Waals surface area contributed by atoms with Gasteiger partial charge in [-0.3, -0.25) is 4.79 Å². The van der Waals surface area contributed by atoms with Crippen LogP contribution in [0.4, 0.5) is 0 Å². The van der Waals surface area contributed by atoms with Crippen molar-refractivity contribution in [1.29, 1.82) is 0 Å². The third kappa shape index (κ3) is 0.805. The van der Waals surface area contributed by atoms with E-state index in [0.717, 1.165) is 19.3 Å². The third-order valence-corrected chi connectivity index (χ3v) is 3.07. The van der Waals surface area contributed by atoms with Crippen LogP contribution in [-0.2, 0) is 4.79 Å². The number of aliphatic hydroxyl groups is 1. The summed E-state index contributed by atoms with van der Waals surface area (Å²) in [6.45, 7) is 1.54. The van der Waals surface area contributed by atoms with Crippen LogP contribution in [0.2, 0.25) is 0 Å². The average Bonchev–Trinajstić information content (AvgIpc) is 1.83. The second-order valence-corrected chi connectivity index (χ2v) is 3.75. The summed E-state index contributed by atoms with van der Waals surface area (Å²) in [5, 5.41) is 12.2. The minimum absolute atomic E-state index is 0.00521. The van der Waals surface area contributed by atoms with Crippen LogP contribution in [0.3, 0.4) is 0 Å². The molecule has 0 aromatic carbocycles. The zero-order valence-corrected chi connectivity index (χ0v) is 6.63. The Labute approximate surface area is 65.8 Å². The van der Waals surface area contributed by atoms with Gasteiger partial charge in [-0.05, 0) is 19.3 Å². The molecule has 0 spiro atoms. The van der Waals surface area contributed by atoms with Crippen molar-refractivity contribution in [2.24, 2.45) is 5.92 Å². The molecule has 0 heterocycles. The van der Waals surface area contributed by atoms with Gasteiger partial charge in [0.25, 0.3) is 0 Å². The Balaban J connectivity index is 1.98. The van der Waals surface area contributed by atoms with Crippen molar-refractivity contribution in [3.05, 3.63) is 0 Å². The molecular weight excluding hydrogens is 142 g/mol. The van der Waals surface area contributed by atoms with Gasteiger partial charge in [0.15, 0.2) is 0 Å². The van der Waals surface area contributed by atoms with E-state index >= 15 is 0 Å². The van der Waals surface area contributed by atoms with Gasteiger partial charge in [-0.2, -0.15) is 0 Å². The zero-order chi connectivity index (χ0) is 8.06. The van der Waals surface area contributed by atoms with Crippen molar-refractivity contribution in [3.63, 3.8) is 0 Å². The van der Waals surface area contributed by atoms with E-state index in [-0.39, 0.29) is 17.6 Å².